The van der Waals surface area contributed by atoms with Crippen molar-refractivity contribution in [3.63, 3.8) is 0 Å². The van der Waals surface area contributed by atoms with Gasteiger partial charge in [-0.2, -0.15) is 8.78 Å². The predicted molar refractivity (Wildman–Crippen MR) is 87.0 cm³/mol. The Balaban J connectivity index is 2.08. The number of hydrogen-bond donors (Lipinski definition) is 1. The first kappa shape index (κ1) is 18.4. The minimum Gasteiger partial charge on any atom is -0.489 e. The quantitative estimate of drug-likeness (QED) is 0.713. The van der Waals surface area contributed by atoms with Gasteiger partial charge in [-0.25, -0.2) is 0 Å². The summed E-state index contributed by atoms with van der Waals surface area (Å²) in [4.78, 5) is 10.9. The summed E-state index contributed by atoms with van der Waals surface area (Å²) in [6.45, 7) is -2.86. The van der Waals surface area contributed by atoms with Crippen molar-refractivity contribution < 1.29 is 28.2 Å². The molecule has 0 atom stereocenters. The van der Waals surface area contributed by atoms with Gasteiger partial charge in [0, 0.05) is 10.0 Å². The zero-order valence-electron chi connectivity index (χ0n) is 12.5. The highest BCUT2D eigenvalue weighted by Gasteiger charge is 2.09. The second-order valence-electron chi connectivity index (χ2n) is 5.01. The first-order chi connectivity index (χ1) is 11.4. The summed E-state index contributed by atoms with van der Waals surface area (Å²) in [5, 5.41) is 8.92. The van der Waals surface area contributed by atoms with E-state index in [4.69, 9.17) is 9.84 Å². The minimum absolute atomic E-state index is 0.137. The molecule has 0 saturated carbocycles. The second kappa shape index (κ2) is 8.75. The number of halogens is 3. The summed E-state index contributed by atoms with van der Waals surface area (Å²) in [6, 6.07) is 12.1. The number of ether oxygens (including phenoxy) is 2. The molecule has 0 aromatic heterocycles. The maximum atomic E-state index is 12.1. The first-order valence-corrected chi connectivity index (χ1v) is 7.84. The molecule has 2 aromatic carbocycles. The number of rotatable bonds is 8. The SMILES string of the molecule is O=C(O)Cc1ccccc1OCc1cc(Br)cc(COC(F)F)c1. The van der Waals surface area contributed by atoms with Crippen molar-refractivity contribution >= 4 is 21.9 Å². The fourth-order valence-electron chi connectivity index (χ4n) is 2.16. The second-order valence-corrected chi connectivity index (χ2v) is 5.92. The molecular formula is C17H15BrF2O4. The maximum Gasteiger partial charge on any atom is 0.345 e. The molecular weight excluding hydrogens is 386 g/mol. The molecule has 0 aliphatic heterocycles. The number of aliphatic carboxylic acids is 1. The predicted octanol–water partition coefficient (Wildman–Crippen LogP) is 4.39. The van der Waals surface area contributed by atoms with Crippen molar-refractivity contribution in [3.8, 4) is 5.75 Å². The summed E-state index contributed by atoms with van der Waals surface area (Å²) < 4.78 is 35.0. The lowest BCUT2D eigenvalue weighted by Crippen LogP contribution is -2.05. The number of carbonyl (C=O) groups is 1. The third-order valence-corrected chi connectivity index (χ3v) is 3.56. The molecule has 2 aromatic rings. The Labute approximate surface area is 146 Å². The molecule has 0 amide bonds. The Bertz CT molecular complexity index is 707. The van der Waals surface area contributed by atoms with Crippen molar-refractivity contribution in [2.24, 2.45) is 0 Å². The summed E-state index contributed by atoms with van der Waals surface area (Å²) in [5.41, 5.74) is 1.91. The summed E-state index contributed by atoms with van der Waals surface area (Å²) in [5.74, 6) is -0.467. The summed E-state index contributed by atoms with van der Waals surface area (Å²) in [7, 11) is 0. The van der Waals surface area contributed by atoms with Gasteiger partial charge in [-0.1, -0.05) is 40.2 Å². The molecule has 0 aliphatic rings. The van der Waals surface area contributed by atoms with Crippen molar-refractivity contribution in [2.45, 2.75) is 26.2 Å². The molecule has 0 bridgehead atoms. The average Bonchev–Trinajstić information content (AvgIpc) is 2.51. The highest BCUT2D eigenvalue weighted by Crippen LogP contribution is 2.22. The topological polar surface area (TPSA) is 55.8 Å². The van der Waals surface area contributed by atoms with Crippen LogP contribution in [-0.4, -0.2) is 17.7 Å². The van der Waals surface area contributed by atoms with E-state index >= 15 is 0 Å². The third kappa shape index (κ3) is 5.90. The van der Waals surface area contributed by atoms with Gasteiger partial charge in [0.1, 0.15) is 12.4 Å². The molecule has 0 aliphatic carbocycles. The molecule has 0 fully saturated rings. The number of carboxylic acid groups (broad SMARTS) is 1. The van der Waals surface area contributed by atoms with E-state index in [-0.39, 0.29) is 19.6 Å². The summed E-state index contributed by atoms with van der Waals surface area (Å²) >= 11 is 3.32. The van der Waals surface area contributed by atoms with Gasteiger partial charge in [-0.05, 0) is 29.3 Å². The molecule has 1 N–H and O–H groups in total. The largest absolute Gasteiger partial charge is 0.489 e. The molecule has 0 unspecified atom stereocenters. The van der Waals surface area contributed by atoms with Crippen molar-refractivity contribution in [1.29, 1.82) is 0 Å². The van der Waals surface area contributed by atoms with E-state index in [0.717, 1.165) is 10.0 Å². The molecule has 24 heavy (non-hydrogen) atoms. The van der Waals surface area contributed by atoms with Crippen molar-refractivity contribution in [1.82, 2.24) is 0 Å². The van der Waals surface area contributed by atoms with Crippen LogP contribution in [0.25, 0.3) is 0 Å². The lowest BCUT2D eigenvalue weighted by molar-refractivity contribution is -0.137. The first-order valence-electron chi connectivity index (χ1n) is 7.04. The highest BCUT2D eigenvalue weighted by molar-refractivity contribution is 9.10. The third-order valence-electron chi connectivity index (χ3n) is 3.10. The Hall–Kier alpha value is -1.99. The van der Waals surface area contributed by atoms with Crippen LogP contribution in [-0.2, 0) is 29.2 Å². The van der Waals surface area contributed by atoms with Crippen LogP contribution in [0.1, 0.15) is 16.7 Å². The van der Waals surface area contributed by atoms with Crippen molar-refractivity contribution in [2.75, 3.05) is 0 Å². The van der Waals surface area contributed by atoms with E-state index in [0.29, 0.717) is 16.9 Å². The van der Waals surface area contributed by atoms with Crippen LogP contribution < -0.4 is 4.74 Å². The summed E-state index contributed by atoms with van der Waals surface area (Å²) in [6.07, 6.45) is -0.137. The van der Waals surface area contributed by atoms with Gasteiger partial charge in [0.2, 0.25) is 0 Å². The fourth-order valence-corrected chi connectivity index (χ4v) is 2.75. The fraction of sp³-hybridized carbons (Fsp3) is 0.235. The lowest BCUT2D eigenvalue weighted by atomic mass is 10.1. The number of benzene rings is 2. The van der Waals surface area contributed by atoms with Gasteiger partial charge in [0.15, 0.2) is 0 Å². The number of para-hydroxylation sites is 1. The van der Waals surface area contributed by atoms with Gasteiger partial charge in [0.05, 0.1) is 13.0 Å². The van der Waals surface area contributed by atoms with Gasteiger partial charge in [-0.15, -0.1) is 0 Å². The van der Waals surface area contributed by atoms with Crippen LogP contribution >= 0.6 is 15.9 Å². The van der Waals surface area contributed by atoms with Crippen molar-refractivity contribution in [3.05, 3.63) is 63.6 Å². The normalized spacial score (nSPS) is 10.8. The van der Waals surface area contributed by atoms with Crippen LogP contribution in [0.5, 0.6) is 5.75 Å². The van der Waals surface area contributed by atoms with Gasteiger partial charge in [-0.3, -0.25) is 4.79 Å². The van der Waals surface area contributed by atoms with Crippen LogP contribution in [0.4, 0.5) is 8.78 Å². The van der Waals surface area contributed by atoms with Gasteiger partial charge >= 0.3 is 12.6 Å². The molecule has 0 spiro atoms. The van der Waals surface area contributed by atoms with E-state index in [1.165, 1.54) is 0 Å². The number of carboxylic acids is 1. The monoisotopic (exact) mass is 400 g/mol. The zero-order valence-corrected chi connectivity index (χ0v) is 14.1. The van der Waals surface area contributed by atoms with E-state index in [2.05, 4.69) is 20.7 Å². The van der Waals surface area contributed by atoms with Crippen LogP contribution in [0.2, 0.25) is 0 Å². The average molecular weight is 401 g/mol. The minimum atomic E-state index is -2.83. The zero-order chi connectivity index (χ0) is 17.5. The van der Waals surface area contributed by atoms with Crippen LogP contribution in [0.3, 0.4) is 0 Å². The molecule has 0 radical (unpaired) electrons. The van der Waals surface area contributed by atoms with E-state index in [9.17, 15) is 13.6 Å². The number of alkyl halides is 2. The van der Waals surface area contributed by atoms with Crippen LogP contribution in [0.15, 0.2) is 46.9 Å². The molecule has 0 heterocycles. The Morgan fingerprint density at radius 2 is 1.79 bits per heavy atom. The standard InChI is InChI=1S/C17H15BrF2O4/c18-14-6-11(5-12(7-14)10-24-17(19)20)9-23-15-4-2-1-3-13(15)8-16(21)22/h1-7,17H,8-10H2,(H,21,22). The molecule has 128 valence electrons. The molecule has 0 saturated heterocycles. The van der Waals surface area contributed by atoms with Gasteiger partial charge in [0.25, 0.3) is 0 Å². The maximum absolute atomic E-state index is 12.1. The molecule has 4 nitrogen and oxygen atoms in total. The van der Waals surface area contributed by atoms with E-state index < -0.39 is 12.6 Å². The van der Waals surface area contributed by atoms with E-state index in [1.54, 1.807) is 42.5 Å². The van der Waals surface area contributed by atoms with Gasteiger partial charge < -0.3 is 14.6 Å². The Morgan fingerprint density at radius 1 is 1.12 bits per heavy atom. The number of hydrogen-bond acceptors (Lipinski definition) is 3. The Morgan fingerprint density at radius 3 is 2.46 bits per heavy atom. The smallest absolute Gasteiger partial charge is 0.345 e. The van der Waals surface area contributed by atoms with Crippen LogP contribution in [0, 0.1) is 0 Å². The Kier molecular flexibility index (Phi) is 6.69. The molecule has 7 heteroatoms. The van der Waals surface area contributed by atoms with E-state index in [1.807, 2.05) is 0 Å². The molecule has 2 rings (SSSR count). The lowest BCUT2D eigenvalue weighted by Gasteiger charge is -2.12. The highest BCUT2D eigenvalue weighted by atomic mass is 79.9.